The van der Waals surface area contributed by atoms with Crippen molar-refractivity contribution >= 4 is 23.5 Å². The van der Waals surface area contributed by atoms with E-state index in [9.17, 15) is 19.8 Å². The van der Waals surface area contributed by atoms with Crippen LogP contribution in [-0.4, -0.2) is 46.5 Å². The van der Waals surface area contributed by atoms with Crippen LogP contribution >= 0.6 is 11.8 Å². The summed E-state index contributed by atoms with van der Waals surface area (Å²) in [5.41, 5.74) is 1.54. The lowest BCUT2D eigenvalue weighted by atomic mass is 9.60. The summed E-state index contributed by atoms with van der Waals surface area (Å²) in [6.07, 6.45) is 7.99. The number of thioether (sulfide) groups is 1. The number of rotatable bonds is 10. The maximum atomic E-state index is 12.5. The Labute approximate surface area is 195 Å². The SMILES string of the molecule is COC(=O)c1ccc(CSC2C(=O)CC(O)[C@@H]2C=CCC(O)C2(CC(C)C)CCC2)cc1. The van der Waals surface area contributed by atoms with Crippen LogP contribution in [0.2, 0.25) is 0 Å². The minimum atomic E-state index is -0.677. The Kier molecular flexibility index (Phi) is 8.59. The summed E-state index contributed by atoms with van der Waals surface area (Å²) in [4.78, 5) is 24.1. The van der Waals surface area contributed by atoms with E-state index in [1.807, 2.05) is 24.3 Å². The van der Waals surface area contributed by atoms with Gasteiger partial charge in [-0.15, -0.1) is 11.8 Å². The van der Waals surface area contributed by atoms with Crippen LogP contribution in [0.1, 0.15) is 68.3 Å². The molecule has 1 aromatic rings. The Morgan fingerprint density at radius 3 is 2.53 bits per heavy atom. The minimum absolute atomic E-state index is 0.0349. The van der Waals surface area contributed by atoms with Gasteiger partial charge in [0.05, 0.1) is 30.1 Å². The molecule has 0 bridgehead atoms. The topological polar surface area (TPSA) is 83.8 Å². The molecular weight excluding hydrogens is 424 g/mol. The van der Waals surface area contributed by atoms with Gasteiger partial charge in [-0.1, -0.05) is 44.6 Å². The van der Waals surface area contributed by atoms with Gasteiger partial charge < -0.3 is 14.9 Å². The van der Waals surface area contributed by atoms with Crippen LogP contribution in [-0.2, 0) is 15.3 Å². The van der Waals surface area contributed by atoms with Crippen molar-refractivity contribution in [2.24, 2.45) is 17.3 Å². The summed E-state index contributed by atoms with van der Waals surface area (Å²) in [7, 11) is 1.35. The summed E-state index contributed by atoms with van der Waals surface area (Å²) in [5.74, 6) is 0.638. The number of methoxy groups -OCH3 is 1. The van der Waals surface area contributed by atoms with Gasteiger partial charge in [0.1, 0.15) is 5.78 Å². The standard InChI is InChI=1S/C26H36O5S/c1-17(2)15-26(12-5-13-26)23(29)7-4-6-20-21(27)14-22(28)24(20)32-16-18-8-10-19(11-9-18)25(30)31-3/h4,6,8-11,17,20-21,23-24,27,29H,5,7,12-16H2,1-3H3/t20-,21?,23?,24?/m0/s1. The van der Waals surface area contributed by atoms with Crippen molar-refractivity contribution < 1.29 is 24.5 Å². The zero-order chi connectivity index (χ0) is 23.3. The lowest BCUT2D eigenvalue weighted by Gasteiger charge is -2.46. The lowest BCUT2D eigenvalue weighted by molar-refractivity contribution is -0.117. The number of hydrogen-bond acceptors (Lipinski definition) is 6. The fraction of sp³-hybridized carbons (Fsp3) is 0.615. The van der Waals surface area contributed by atoms with Gasteiger partial charge in [0.25, 0.3) is 0 Å². The van der Waals surface area contributed by atoms with Crippen molar-refractivity contribution in [1.29, 1.82) is 0 Å². The molecule has 0 aliphatic heterocycles. The van der Waals surface area contributed by atoms with Gasteiger partial charge in [0, 0.05) is 18.1 Å². The molecule has 3 rings (SSSR count). The van der Waals surface area contributed by atoms with Crippen LogP contribution in [0.25, 0.3) is 0 Å². The second-order valence-corrected chi connectivity index (χ2v) is 10.9. The molecule has 0 saturated heterocycles. The molecule has 4 atom stereocenters. The summed E-state index contributed by atoms with van der Waals surface area (Å²) < 4.78 is 4.72. The van der Waals surface area contributed by atoms with Crippen molar-refractivity contribution in [3.05, 3.63) is 47.5 Å². The average molecular weight is 461 g/mol. The second kappa shape index (κ2) is 11.0. The molecule has 2 saturated carbocycles. The highest BCUT2D eigenvalue weighted by molar-refractivity contribution is 7.99. The first-order valence-corrected chi connectivity index (χ1v) is 12.6. The number of aliphatic hydroxyl groups excluding tert-OH is 2. The molecule has 176 valence electrons. The van der Waals surface area contributed by atoms with E-state index in [1.165, 1.54) is 25.3 Å². The number of benzene rings is 1. The van der Waals surface area contributed by atoms with E-state index in [0.717, 1.165) is 24.8 Å². The van der Waals surface area contributed by atoms with Gasteiger partial charge >= 0.3 is 5.97 Å². The fourth-order valence-corrected chi connectivity index (χ4v) is 6.42. The lowest BCUT2D eigenvalue weighted by Crippen LogP contribution is -2.42. The fourth-order valence-electron chi connectivity index (χ4n) is 5.08. The Hall–Kier alpha value is -1.63. The van der Waals surface area contributed by atoms with Crippen LogP contribution in [0.3, 0.4) is 0 Å². The van der Waals surface area contributed by atoms with Crippen LogP contribution in [0.5, 0.6) is 0 Å². The number of esters is 1. The highest BCUT2D eigenvalue weighted by Crippen LogP contribution is 2.49. The summed E-state index contributed by atoms with van der Waals surface area (Å²) in [6, 6.07) is 7.17. The molecule has 6 heteroatoms. The van der Waals surface area contributed by atoms with Crippen LogP contribution in [0, 0.1) is 17.3 Å². The van der Waals surface area contributed by atoms with Gasteiger partial charge in [-0.3, -0.25) is 4.79 Å². The van der Waals surface area contributed by atoms with E-state index in [4.69, 9.17) is 4.74 Å². The monoisotopic (exact) mass is 460 g/mol. The van der Waals surface area contributed by atoms with Crippen LogP contribution in [0.15, 0.2) is 36.4 Å². The molecule has 1 aromatic carbocycles. The van der Waals surface area contributed by atoms with Crippen molar-refractivity contribution in [3.63, 3.8) is 0 Å². The third-order valence-electron chi connectivity index (χ3n) is 6.91. The molecule has 5 nitrogen and oxygen atoms in total. The zero-order valence-corrected chi connectivity index (χ0v) is 20.1. The first-order chi connectivity index (χ1) is 15.3. The maximum absolute atomic E-state index is 12.5. The Morgan fingerprint density at radius 2 is 1.97 bits per heavy atom. The number of Topliss-reactive ketones (excluding diaryl/α,β-unsaturated/α-hetero) is 1. The van der Waals surface area contributed by atoms with Gasteiger partial charge in [-0.25, -0.2) is 4.79 Å². The number of ether oxygens (including phenoxy) is 1. The van der Waals surface area contributed by atoms with Crippen LogP contribution in [0.4, 0.5) is 0 Å². The predicted molar refractivity (Wildman–Crippen MR) is 127 cm³/mol. The second-order valence-electron chi connectivity index (χ2n) is 9.73. The molecular formula is C26H36O5S. The number of carbonyl (C=O) groups is 2. The van der Waals surface area contributed by atoms with Crippen molar-refractivity contribution in [3.8, 4) is 0 Å². The smallest absolute Gasteiger partial charge is 0.337 e. The Bertz CT molecular complexity index is 812. The van der Waals surface area contributed by atoms with E-state index >= 15 is 0 Å². The minimum Gasteiger partial charge on any atom is -0.465 e. The highest BCUT2D eigenvalue weighted by Gasteiger charge is 2.43. The van der Waals surface area contributed by atoms with E-state index < -0.39 is 6.10 Å². The predicted octanol–water partition coefficient (Wildman–Crippen LogP) is 4.55. The van der Waals surface area contributed by atoms with E-state index in [1.54, 1.807) is 12.1 Å². The van der Waals surface area contributed by atoms with Crippen molar-refractivity contribution in [2.45, 2.75) is 75.6 Å². The molecule has 0 aromatic heterocycles. The molecule has 32 heavy (non-hydrogen) atoms. The van der Waals surface area contributed by atoms with Gasteiger partial charge in [0.2, 0.25) is 0 Å². The molecule has 0 amide bonds. The summed E-state index contributed by atoms with van der Waals surface area (Å²) >= 11 is 1.53. The normalized spacial score (nSPS) is 25.8. The van der Waals surface area contributed by atoms with E-state index in [-0.39, 0.29) is 40.9 Å². The molecule has 0 heterocycles. The molecule has 3 unspecified atom stereocenters. The first-order valence-electron chi connectivity index (χ1n) is 11.6. The number of ketones is 1. The van der Waals surface area contributed by atoms with Crippen LogP contribution < -0.4 is 0 Å². The average Bonchev–Trinajstić information content (AvgIpc) is 3.01. The quantitative estimate of drug-likeness (QED) is 0.394. The third kappa shape index (κ3) is 5.83. The molecule has 0 spiro atoms. The number of aliphatic hydroxyl groups is 2. The molecule has 0 radical (unpaired) electrons. The molecule has 2 aliphatic carbocycles. The molecule has 2 fully saturated rings. The Morgan fingerprint density at radius 1 is 1.28 bits per heavy atom. The zero-order valence-electron chi connectivity index (χ0n) is 19.3. The maximum Gasteiger partial charge on any atom is 0.337 e. The summed E-state index contributed by atoms with van der Waals surface area (Å²) in [5, 5.41) is 21.0. The number of carbonyl (C=O) groups excluding carboxylic acids is 2. The summed E-state index contributed by atoms with van der Waals surface area (Å²) in [6.45, 7) is 4.40. The molecule has 2 N–H and O–H groups in total. The van der Waals surface area contributed by atoms with Crippen molar-refractivity contribution in [2.75, 3.05) is 7.11 Å². The van der Waals surface area contributed by atoms with E-state index in [0.29, 0.717) is 23.7 Å². The van der Waals surface area contributed by atoms with E-state index in [2.05, 4.69) is 13.8 Å². The van der Waals surface area contributed by atoms with Gasteiger partial charge in [-0.2, -0.15) is 0 Å². The highest BCUT2D eigenvalue weighted by atomic mass is 32.2. The Balaban J connectivity index is 1.58. The van der Waals surface area contributed by atoms with Crippen molar-refractivity contribution in [1.82, 2.24) is 0 Å². The molecule has 2 aliphatic rings. The largest absolute Gasteiger partial charge is 0.465 e. The number of hydrogen-bond donors (Lipinski definition) is 2. The van der Waals surface area contributed by atoms with Gasteiger partial charge in [-0.05, 0) is 54.7 Å². The first kappa shape index (κ1) is 25.0. The third-order valence-corrected chi connectivity index (χ3v) is 8.35. The van der Waals surface area contributed by atoms with Gasteiger partial charge in [0.15, 0.2) is 0 Å².